The zero-order chi connectivity index (χ0) is 9.68. The number of aryl methyl sites for hydroxylation is 1. The molecular weight excluding hydrogens is 166 g/mol. The van der Waals surface area contributed by atoms with Gasteiger partial charge in [0, 0.05) is 5.69 Å². The molecule has 0 radical (unpaired) electrons. The van der Waals surface area contributed by atoms with Crippen LogP contribution in [0.25, 0.3) is 0 Å². The lowest BCUT2D eigenvalue weighted by molar-refractivity contribution is 0.325. The molecule has 0 bridgehead atoms. The lowest BCUT2D eigenvalue weighted by Crippen LogP contribution is -2.00. The van der Waals surface area contributed by atoms with Crippen LogP contribution < -0.4 is 10.1 Å². The number of hydrogen-bond donors (Lipinski definition) is 2. The molecule has 0 aromatic heterocycles. The van der Waals surface area contributed by atoms with Crippen molar-refractivity contribution in [2.45, 2.75) is 13.8 Å². The molecule has 72 valence electrons. The molecule has 1 rings (SSSR count). The van der Waals surface area contributed by atoms with E-state index in [0.29, 0.717) is 6.61 Å². The van der Waals surface area contributed by atoms with Crippen LogP contribution in [0.5, 0.6) is 5.75 Å². The second kappa shape index (κ2) is 4.72. The predicted molar refractivity (Wildman–Crippen MR) is 53.1 cm³/mol. The fourth-order valence-corrected chi connectivity index (χ4v) is 1.17. The molecule has 1 aromatic carbocycles. The molecule has 0 saturated carbocycles. The van der Waals surface area contributed by atoms with Gasteiger partial charge in [-0.2, -0.15) is 0 Å². The quantitative estimate of drug-likeness (QED) is 0.695. The first-order valence-corrected chi connectivity index (χ1v) is 4.36. The van der Waals surface area contributed by atoms with Crippen molar-refractivity contribution >= 4 is 5.69 Å². The van der Waals surface area contributed by atoms with Crippen molar-refractivity contribution < 1.29 is 9.84 Å². The van der Waals surface area contributed by atoms with Gasteiger partial charge in [-0.05, 0) is 37.6 Å². The third-order valence-corrected chi connectivity index (χ3v) is 1.76. The van der Waals surface area contributed by atoms with Crippen LogP contribution >= 0.6 is 0 Å². The third-order valence-electron chi connectivity index (χ3n) is 1.76. The summed E-state index contributed by atoms with van der Waals surface area (Å²) in [6, 6.07) is 5.73. The van der Waals surface area contributed by atoms with Gasteiger partial charge in [0.25, 0.3) is 0 Å². The van der Waals surface area contributed by atoms with Crippen molar-refractivity contribution in [1.29, 1.82) is 0 Å². The number of nitrogens with one attached hydrogen (secondary N) is 1. The highest BCUT2D eigenvalue weighted by Gasteiger charge is 1.99. The molecule has 13 heavy (non-hydrogen) atoms. The highest BCUT2D eigenvalue weighted by Crippen LogP contribution is 2.21. The zero-order valence-corrected chi connectivity index (χ0v) is 8.00. The summed E-state index contributed by atoms with van der Waals surface area (Å²) in [4.78, 5) is 0. The maximum atomic E-state index is 8.64. The molecule has 3 heteroatoms. The van der Waals surface area contributed by atoms with Crippen molar-refractivity contribution in [1.82, 2.24) is 0 Å². The predicted octanol–water partition coefficient (Wildman–Crippen LogP) is 1.76. The van der Waals surface area contributed by atoms with E-state index in [2.05, 4.69) is 5.32 Å². The summed E-state index contributed by atoms with van der Waals surface area (Å²) in [6.45, 7) is 4.56. The van der Waals surface area contributed by atoms with Gasteiger partial charge < -0.3 is 15.2 Å². The Labute approximate surface area is 78.3 Å². The summed E-state index contributed by atoms with van der Waals surface area (Å²) in [6.07, 6.45) is 0. The molecule has 0 saturated heterocycles. The van der Waals surface area contributed by atoms with Crippen LogP contribution in [0.2, 0.25) is 0 Å². The Balaban J connectivity index is 2.79. The van der Waals surface area contributed by atoms with Gasteiger partial charge in [-0.3, -0.25) is 0 Å². The Morgan fingerprint density at radius 3 is 2.77 bits per heavy atom. The highest BCUT2D eigenvalue weighted by molar-refractivity contribution is 5.50. The number of aliphatic hydroxyl groups is 1. The van der Waals surface area contributed by atoms with E-state index in [4.69, 9.17) is 9.84 Å². The molecule has 0 spiro atoms. The van der Waals surface area contributed by atoms with Crippen LogP contribution in [0.1, 0.15) is 12.5 Å². The fourth-order valence-electron chi connectivity index (χ4n) is 1.17. The van der Waals surface area contributed by atoms with Crippen LogP contribution in [0.3, 0.4) is 0 Å². The van der Waals surface area contributed by atoms with Crippen molar-refractivity contribution in [3.05, 3.63) is 23.8 Å². The second-order valence-electron chi connectivity index (χ2n) is 2.75. The Bertz CT molecular complexity index is 274. The van der Waals surface area contributed by atoms with E-state index >= 15 is 0 Å². The summed E-state index contributed by atoms with van der Waals surface area (Å²) in [5.41, 5.74) is 1.98. The average Bonchev–Trinajstić information content (AvgIpc) is 2.10. The van der Waals surface area contributed by atoms with Gasteiger partial charge in [0.05, 0.1) is 6.61 Å². The zero-order valence-electron chi connectivity index (χ0n) is 8.00. The fraction of sp³-hybridized carbons (Fsp3) is 0.400. The van der Waals surface area contributed by atoms with Crippen LogP contribution in [0.4, 0.5) is 5.69 Å². The number of hydrogen-bond acceptors (Lipinski definition) is 3. The lowest BCUT2D eigenvalue weighted by Gasteiger charge is -2.09. The Hall–Kier alpha value is -1.22. The summed E-state index contributed by atoms with van der Waals surface area (Å²) in [5, 5.41) is 11.5. The largest absolute Gasteiger partial charge is 0.494 e. The van der Waals surface area contributed by atoms with E-state index in [-0.39, 0.29) is 6.73 Å². The molecular formula is C10H15NO2. The molecule has 0 unspecified atom stereocenters. The molecule has 0 fully saturated rings. The SMILES string of the molecule is CCOc1ccc(NCO)cc1C. The van der Waals surface area contributed by atoms with E-state index in [1.54, 1.807) is 0 Å². The smallest absolute Gasteiger partial charge is 0.122 e. The van der Waals surface area contributed by atoms with Gasteiger partial charge in [0.15, 0.2) is 0 Å². The van der Waals surface area contributed by atoms with Gasteiger partial charge in [0.2, 0.25) is 0 Å². The summed E-state index contributed by atoms with van der Waals surface area (Å²) in [7, 11) is 0. The maximum absolute atomic E-state index is 8.64. The van der Waals surface area contributed by atoms with Gasteiger partial charge >= 0.3 is 0 Å². The first-order chi connectivity index (χ1) is 6.27. The number of ether oxygens (including phenoxy) is 1. The molecule has 1 aromatic rings. The molecule has 0 aliphatic heterocycles. The van der Waals surface area contributed by atoms with Gasteiger partial charge in [-0.15, -0.1) is 0 Å². The van der Waals surface area contributed by atoms with Crippen molar-refractivity contribution in [2.24, 2.45) is 0 Å². The minimum atomic E-state index is -0.0482. The number of anilines is 1. The van der Waals surface area contributed by atoms with Crippen LogP contribution in [-0.2, 0) is 0 Å². The van der Waals surface area contributed by atoms with Gasteiger partial charge in [-0.1, -0.05) is 0 Å². The van der Waals surface area contributed by atoms with E-state index in [9.17, 15) is 0 Å². The van der Waals surface area contributed by atoms with Crippen molar-refractivity contribution in [3.8, 4) is 5.75 Å². The third kappa shape index (κ3) is 2.63. The summed E-state index contributed by atoms with van der Waals surface area (Å²) >= 11 is 0. The minimum absolute atomic E-state index is 0.0482. The number of aliphatic hydroxyl groups excluding tert-OH is 1. The lowest BCUT2D eigenvalue weighted by atomic mass is 10.2. The van der Waals surface area contributed by atoms with E-state index in [0.717, 1.165) is 17.0 Å². The Morgan fingerprint density at radius 1 is 1.46 bits per heavy atom. The van der Waals surface area contributed by atoms with Crippen LogP contribution in [-0.4, -0.2) is 18.4 Å². The first-order valence-electron chi connectivity index (χ1n) is 4.36. The second-order valence-corrected chi connectivity index (χ2v) is 2.75. The summed E-state index contributed by atoms with van der Waals surface area (Å²) < 4.78 is 5.38. The molecule has 0 heterocycles. The average molecular weight is 181 g/mol. The highest BCUT2D eigenvalue weighted by atomic mass is 16.5. The molecule has 3 nitrogen and oxygen atoms in total. The van der Waals surface area contributed by atoms with Gasteiger partial charge in [0.1, 0.15) is 12.5 Å². The molecule has 2 N–H and O–H groups in total. The Morgan fingerprint density at radius 2 is 2.23 bits per heavy atom. The maximum Gasteiger partial charge on any atom is 0.122 e. The molecule has 0 aliphatic carbocycles. The first kappa shape index (κ1) is 9.86. The summed E-state index contributed by atoms with van der Waals surface area (Å²) in [5.74, 6) is 0.894. The van der Waals surface area contributed by atoms with Crippen molar-refractivity contribution in [2.75, 3.05) is 18.7 Å². The van der Waals surface area contributed by atoms with E-state index in [1.807, 2.05) is 32.0 Å². The van der Waals surface area contributed by atoms with Crippen molar-refractivity contribution in [3.63, 3.8) is 0 Å². The standard InChI is InChI=1S/C10H15NO2/c1-3-13-10-5-4-9(11-7-12)6-8(10)2/h4-6,11-12H,3,7H2,1-2H3. The van der Waals surface area contributed by atoms with Gasteiger partial charge in [-0.25, -0.2) is 0 Å². The molecule has 0 aliphatic rings. The van der Waals surface area contributed by atoms with Crippen LogP contribution in [0.15, 0.2) is 18.2 Å². The normalized spacial score (nSPS) is 9.77. The van der Waals surface area contributed by atoms with Crippen LogP contribution in [0, 0.1) is 6.92 Å². The van der Waals surface area contributed by atoms with E-state index in [1.165, 1.54) is 0 Å². The monoisotopic (exact) mass is 181 g/mol. The minimum Gasteiger partial charge on any atom is -0.494 e. The molecule has 0 atom stereocenters. The number of rotatable bonds is 4. The topological polar surface area (TPSA) is 41.5 Å². The Kier molecular flexibility index (Phi) is 3.58. The van der Waals surface area contributed by atoms with E-state index < -0.39 is 0 Å². The molecule has 0 amide bonds. The number of benzene rings is 1.